The minimum atomic E-state index is -4.12. The Hall–Kier alpha value is -4.04. The molecule has 0 saturated heterocycles. The number of hydrogen-bond acceptors (Lipinski definition) is 4. The monoisotopic (exact) mass is 639 g/mol. The van der Waals surface area contributed by atoms with Gasteiger partial charge in [-0.1, -0.05) is 149 Å². The SMILES string of the molecule is O=C(OC(c1ccccc1)c1ccccc1)[C@H](CBr)N(C/C=C/c1ccccc1)S(=O)(=O)c1ccc2ccccc2c1. The molecular formula is C35H30BrNO4S. The lowest BCUT2D eigenvalue weighted by Crippen LogP contribution is -2.47. The highest BCUT2D eigenvalue weighted by atomic mass is 79.9. The maximum Gasteiger partial charge on any atom is 0.326 e. The van der Waals surface area contributed by atoms with Crippen LogP contribution in [0.4, 0.5) is 0 Å². The van der Waals surface area contributed by atoms with Crippen LogP contribution in [0.5, 0.6) is 0 Å². The third-order valence-corrected chi connectivity index (χ3v) is 9.41. The summed E-state index contributed by atoms with van der Waals surface area (Å²) in [6.45, 7) is -0.0310. The molecule has 0 saturated carbocycles. The number of esters is 1. The van der Waals surface area contributed by atoms with Crippen molar-refractivity contribution in [3.63, 3.8) is 0 Å². The molecule has 42 heavy (non-hydrogen) atoms. The Bertz CT molecular complexity index is 1720. The maximum atomic E-state index is 14.2. The number of sulfonamides is 1. The van der Waals surface area contributed by atoms with Crippen LogP contribution in [-0.2, 0) is 19.6 Å². The number of fused-ring (bicyclic) bond motifs is 1. The van der Waals surface area contributed by atoms with Gasteiger partial charge in [0.25, 0.3) is 0 Å². The molecule has 0 bridgehead atoms. The number of benzene rings is 5. The van der Waals surface area contributed by atoms with Crippen LogP contribution in [0.15, 0.2) is 144 Å². The number of halogens is 1. The molecular weight excluding hydrogens is 610 g/mol. The molecule has 1 atom stereocenters. The van der Waals surface area contributed by atoms with Gasteiger partial charge in [0.1, 0.15) is 6.04 Å². The fourth-order valence-electron chi connectivity index (χ4n) is 4.75. The van der Waals surface area contributed by atoms with Crippen LogP contribution in [0.1, 0.15) is 22.8 Å². The first-order chi connectivity index (χ1) is 20.5. The number of nitrogens with zero attached hydrogens (tertiary/aromatic N) is 1. The second-order valence-electron chi connectivity index (χ2n) is 9.71. The van der Waals surface area contributed by atoms with E-state index in [2.05, 4.69) is 15.9 Å². The number of hydrogen-bond donors (Lipinski definition) is 0. The van der Waals surface area contributed by atoms with Crippen LogP contribution in [0.25, 0.3) is 16.8 Å². The van der Waals surface area contributed by atoms with Crippen molar-refractivity contribution in [2.24, 2.45) is 0 Å². The molecule has 212 valence electrons. The van der Waals surface area contributed by atoms with Gasteiger partial charge in [-0.2, -0.15) is 4.31 Å². The quantitative estimate of drug-likeness (QED) is 0.110. The molecule has 0 amide bonds. The summed E-state index contributed by atoms with van der Waals surface area (Å²) in [5.74, 6) is -0.651. The van der Waals surface area contributed by atoms with Crippen LogP contribution >= 0.6 is 15.9 Å². The first-order valence-corrected chi connectivity index (χ1v) is 16.1. The van der Waals surface area contributed by atoms with Crippen molar-refractivity contribution < 1.29 is 17.9 Å². The molecule has 5 rings (SSSR count). The Morgan fingerprint density at radius 3 is 1.88 bits per heavy atom. The third-order valence-electron chi connectivity index (χ3n) is 6.93. The van der Waals surface area contributed by atoms with E-state index in [0.29, 0.717) is 0 Å². The Kier molecular flexibility index (Phi) is 9.64. The number of rotatable bonds is 11. The lowest BCUT2D eigenvalue weighted by atomic mass is 10.0. The van der Waals surface area contributed by atoms with Gasteiger partial charge < -0.3 is 4.74 Å². The van der Waals surface area contributed by atoms with Gasteiger partial charge in [0.2, 0.25) is 10.0 Å². The number of alkyl halides is 1. The zero-order chi connectivity index (χ0) is 29.4. The van der Waals surface area contributed by atoms with E-state index >= 15 is 0 Å². The van der Waals surface area contributed by atoms with Crippen molar-refractivity contribution in [2.45, 2.75) is 17.0 Å². The number of carbonyl (C=O) groups excluding carboxylic acids is 1. The molecule has 0 heterocycles. The highest BCUT2D eigenvalue weighted by Gasteiger charge is 2.37. The van der Waals surface area contributed by atoms with Crippen LogP contribution in [-0.4, -0.2) is 36.6 Å². The summed E-state index contributed by atoms with van der Waals surface area (Å²) >= 11 is 3.43. The molecule has 0 radical (unpaired) electrons. The molecule has 5 aromatic carbocycles. The average Bonchev–Trinajstić information content (AvgIpc) is 3.04. The molecule has 7 heteroatoms. The predicted octanol–water partition coefficient (Wildman–Crippen LogP) is 7.64. The Morgan fingerprint density at radius 2 is 1.29 bits per heavy atom. The lowest BCUT2D eigenvalue weighted by molar-refractivity contribution is -0.151. The van der Waals surface area contributed by atoms with Gasteiger partial charge in [0.05, 0.1) is 4.90 Å². The Balaban J connectivity index is 1.51. The van der Waals surface area contributed by atoms with E-state index in [-0.39, 0.29) is 16.8 Å². The summed E-state index contributed by atoms with van der Waals surface area (Å²) < 4.78 is 35.8. The summed E-state index contributed by atoms with van der Waals surface area (Å²) in [5, 5.41) is 1.77. The van der Waals surface area contributed by atoms with Crippen LogP contribution in [0.2, 0.25) is 0 Å². The molecule has 0 aliphatic carbocycles. The van der Waals surface area contributed by atoms with Crippen molar-refractivity contribution >= 4 is 48.8 Å². The summed E-state index contributed by atoms with van der Waals surface area (Å²) in [6, 6.07) is 39.9. The first-order valence-electron chi connectivity index (χ1n) is 13.6. The molecule has 0 spiro atoms. The molecule has 0 fully saturated rings. The van der Waals surface area contributed by atoms with E-state index in [9.17, 15) is 13.2 Å². The van der Waals surface area contributed by atoms with Crippen molar-refractivity contribution in [1.82, 2.24) is 4.31 Å². The van der Waals surface area contributed by atoms with Gasteiger partial charge in [0, 0.05) is 11.9 Å². The highest BCUT2D eigenvalue weighted by Crippen LogP contribution is 2.29. The standard InChI is InChI=1S/C35H30BrNO4S/c36-26-33(35(38)41-34(29-17-6-2-7-18-29)30-19-8-3-9-20-30)37(24-12-15-27-13-4-1-5-14-27)42(39,40)32-23-22-28-16-10-11-21-31(28)25-32/h1-23,25,33-34H,24,26H2/b15-12+/t33-/m0/s1. The van der Waals surface area contributed by atoms with Crippen molar-refractivity contribution in [3.8, 4) is 0 Å². The topological polar surface area (TPSA) is 63.7 Å². The van der Waals surface area contributed by atoms with E-state index in [1.54, 1.807) is 24.3 Å². The Morgan fingerprint density at radius 1 is 0.738 bits per heavy atom. The van der Waals surface area contributed by atoms with Gasteiger partial charge in [-0.3, -0.25) is 4.79 Å². The normalized spacial score (nSPS) is 12.6. The van der Waals surface area contributed by atoms with Crippen LogP contribution in [0.3, 0.4) is 0 Å². The minimum absolute atomic E-state index is 0.0310. The van der Waals surface area contributed by atoms with Crippen LogP contribution < -0.4 is 0 Å². The van der Waals surface area contributed by atoms with E-state index in [1.807, 2.05) is 121 Å². The second-order valence-corrected chi connectivity index (χ2v) is 12.2. The Labute approximate surface area is 255 Å². The molecule has 0 unspecified atom stereocenters. The largest absolute Gasteiger partial charge is 0.451 e. The fraction of sp³-hybridized carbons (Fsp3) is 0.114. The van der Waals surface area contributed by atoms with Gasteiger partial charge in [0.15, 0.2) is 6.10 Å². The van der Waals surface area contributed by atoms with E-state index < -0.39 is 28.1 Å². The summed E-state index contributed by atoms with van der Waals surface area (Å²) in [7, 11) is -4.12. The number of carbonyl (C=O) groups is 1. The first kappa shape index (κ1) is 29.5. The molecule has 0 aliphatic heterocycles. The van der Waals surface area contributed by atoms with E-state index in [4.69, 9.17) is 4.74 Å². The predicted molar refractivity (Wildman–Crippen MR) is 172 cm³/mol. The highest BCUT2D eigenvalue weighted by molar-refractivity contribution is 9.09. The van der Waals surface area contributed by atoms with Crippen LogP contribution in [0, 0.1) is 0 Å². The smallest absolute Gasteiger partial charge is 0.326 e. The minimum Gasteiger partial charge on any atom is -0.451 e. The summed E-state index contributed by atoms with van der Waals surface area (Å²) in [4.78, 5) is 14.0. The van der Waals surface area contributed by atoms with E-state index in [0.717, 1.165) is 27.5 Å². The average molecular weight is 641 g/mol. The molecule has 0 aliphatic rings. The second kappa shape index (κ2) is 13.7. The fourth-order valence-corrected chi connectivity index (χ4v) is 7.12. The van der Waals surface area contributed by atoms with Crippen molar-refractivity contribution in [2.75, 3.05) is 11.9 Å². The zero-order valence-electron chi connectivity index (χ0n) is 22.8. The maximum absolute atomic E-state index is 14.2. The van der Waals surface area contributed by atoms with Crippen molar-refractivity contribution in [3.05, 3.63) is 156 Å². The zero-order valence-corrected chi connectivity index (χ0v) is 25.2. The molecule has 5 aromatic rings. The van der Waals surface area contributed by atoms with E-state index in [1.165, 1.54) is 4.31 Å². The lowest BCUT2D eigenvalue weighted by Gasteiger charge is -2.29. The van der Waals surface area contributed by atoms with Gasteiger partial charge in [-0.25, -0.2) is 8.42 Å². The number of ether oxygens (including phenoxy) is 1. The molecule has 5 nitrogen and oxygen atoms in total. The third kappa shape index (κ3) is 6.87. The molecule has 0 N–H and O–H groups in total. The summed E-state index contributed by atoms with van der Waals surface area (Å²) in [5.41, 5.74) is 2.50. The van der Waals surface area contributed by atoms with Gasteiger partial charge in [-0.15, -0.1) is 0 Å². The van der Waals surface area contributed by atoms with Gasteiger partial charge in [-0.05, 0) is 39.6 Å². The van der Waals surface area contributed by atoms with Gasteiger partial charge >= 0.3 is 5.97 Å². The molecule has 0 aromatic heterocycles. The summed E-state index contributed by atoms with van der Waals surface area (Å²) in [6.07, 6.45) is 2.89. The van der Waals surface area contributed by atoms with Crippen molar-refractivity contribution in [1.29, 1.82) is 0 Å².